The average molecular weight is 486 g/mol. The van der Waals surface area contributed by atoms with Gasteiger partial charge in [-0.05, 0) is 36.2 Å². The van der Waals surface area contributed by atoms with Crippen LogP contribution in [-0.4, -0.2) is 59.3 Å². The van der Waals surface area contributed by atoms with Crippen LogP contribution in [0, 0.1) is 0 Å². The minimum atomic E-state index is -1.54. The van der Waals surface area contributed by atoms with Gasteiger partial charge < -0.3 is 24.6 Å². The van der Waals surface area contributed by atoms with Gasteiger partial charge in [0.2, 0.25) is 12.7 Å². The van der Waals surface area contributed by atoms with E-state index in [-0.39, 0.29) is 43.0 Å². The van der Waals surface area contributed by atoms with E-state index in [4.69, 9.17) is 9.47 Å². The van der Waals surface area contributed by atoms with Crippen LogP contribution in [0.2, 0.25) is 0 Å². The second kappa shape index (κ2) is 8.10. The Balaban J connectivity index is 1.30. The molecule has 0 saturated carbocycles. The number of hydrogen-bond acceptors (Lipinski definition) is 7. The molecule has 1 unspecified atom stereocenters. The lowest BCUT2D eigenvalue weighted by atomic mass is 9.75. The number of hydrogen-bond donors (Lipinski definition) is 2. The van der Waals surface area contributed by atoms with Crippen LogP contribution in [0.5, 0.6) is 17.2 Å². The van der Waals surface area contributed by atoms with Gasteiger partial charge in [0.05, 0.1) is 17.7 Å². The second-order valence-corrected chi connectivity index (χ2v) is 8.92. The molecule has 9 nitrogen and oxygen atoms in total. The summed E-state index contributed by atoms with van der Waals surface area (Å²) in [7, 11) is 0. The van der Waals surface area contributed by atoms with Crippen molar-refractivity contribution in [2.24, 2.45) is 0 Å². The Labute approximate surface area is 206 Å². The summed E-state index contributed by atoms with van der Waals surface area (Å²) in [6, 6.07) is 16.7. The Morgan fingerprint density at radius 1 is 0.806 bits per heavy atom. The van der Waals surface area contributed by atoms with E-state index >= 15 is 0 Å². The van der Waals surface area contributed by atoms with Gasteiger partial charge in [0.15, 0.2) is 11.5 Å². The lowest BCUT2D eigenvalue weighted by molar-refractivity contribution is -0.123. The maximum atomic E-state index is 13.9. The number of anilines is 1. The van der Waals surface area contributed by atoms with Crippen molar-refractivity contribution in [3.8, 4) is 17.2 Å². The zero-order chi connectivity index (χ0) is 25.0. The molecule has 9 heteroatoms. The third kappa shape index (κ3) is 2.96. The molecule has 36 heavy (non-hydrogen) atoms. The number of aromatic hydroxyl groups is 1. The lowest BCUT2D eigenvalue weighted by Crippen LogP contribution is -2.45. The summed E-state index contributed by atoms with van der Waals surface area (Å²) in [5.74, 6) is -0.560. The molecule has 0 spiro atoms. The minimum absolute atomic E-state index is 0.00117. The third-order valence-corrected chi connectivity index (χ3v) is 7.09. The normalized spacial score (nSPS) is 19.8. The first kappa shape index (κ1) is 22.1. The van der Waals surface area contributed by atoms with E-state index in [0.29, 0.717) is 40.3 Å². The van der Waals surface area contributed by atoms with E-state index in [9.17, 15) is 24.6 Å². The second-order valence-electron chi connectivity index (χ2n) is 8.92. The van der Waals surface area contributed by atoms with Gasteiger partial charge in [-0.3, -0.25) is 19.3 Å². The Morgan fingerprint density at radius 2 is 1.42 bits per heavy atom. The molecule has 0 aromatic heterocycles. The predicted octanol–water partition coefficient (Wildman–Crippen LogP) is 2.43. The maximum absolute atomic E-state index is 13.9. The van der Waals surface area contributed by atoms with E-state index in [0.717, 1.165) is 0 Å². The Kier molecular flexibility index (Phi) is 4.97. The number of amides is 3. The quantitative estimate of drug-likeness (QED) is 0.514. The van der Waals surface area contributed by atoms with Gasteiger partial charge in [0.25, 0.3) is 11.8 Å². The Bertz CT molecular complexity index is 1400. The van der Waals surface area contributed by atoms with Gasteiger partial charge in [0.1, 0.15) is 11.2 Å². The summed E-state index contributed by atoms with van der Waals surface area (Å²) >= 11 is 0. The molecule has 3 aromatic rings. The fourth-order valence-corrected chi connectivity index (χ4v) is 5.35. The standard InChI is InChI=1S/C27H22N2O7/c30-14-27(19-12-22-23(13-21(19)31)36-15-35-22)18-8-3-4-9-20(18)28(26(27)34)10-5-11-29-24(32)16-6-1-2-7-17(16)25(29)33/h1-4,6-9,12-13,30-31H,5,10-11,14-15H2. The highest BCUT2D eigenvalue weighted by Crippen LogP contribution is 2.51. The number of rotatable bonds is 6. The van der Waals surface area contributed by atoms with Gasteiger partial charge in [0, 0.05) is 30.4 Å². The van der Waals surface area contributed by atoms with Crippen molar-refractivity contribution in [1.82, 2.24) is 4.90 Å². The van der Waals surface area contributed by atoms with Crippen LogP contribution < -0.4 is 14.4 Å². The number of carbonyl (C=O) groups excluding carboxylic acids is 3. The fraction of sp³-hybridized carbons (Fsp3) is 0.222. The molecule has 0 saturated heterocycles. The minimum Gasteiger partial charge on any atom is -0.507 e. The number of aliphatic hydroxyl groups is 1. The number of fused-ring (bicyclic) bond motifs is 3. The van der Waals surface area contributed by atoms with E-state index in [2.05, 4.69) is 0 Å². The maximum Gasteiger partial charge on any atom is 0.261 e. The molecule has 6 rings (SSSR count). The van der Waals surface area contributed by atoms with Gasteiger partial charge in [-0.25, -0.2) is 0 Å². The lowest BCUT2D eigenvalue weighted by Gasteiger charge is -2.28. The van der Waals surface area contributed by atoms with Crippen molar-refractivity contribution in [1.29, 1.82) is 0 Å². The molecule has 3 heterocycles. The number of carbonyl (C=O) groups is 3. The van der Waals surface area contributed by atoms with Crippen LogP contribution in [0.15, 0.2) is 60.7 Å². The summed E-state index contributed by atoms with van der Waals surface area (Å²) in [4.78, 5) is 42.1. The third-order valence-electron chi connectivity index (χ3n) is 7.09. The number of para-hydroxylation sites is 1. The summed E-state index contributed by atoms with van der Waals surface area (Å²) in [6.45, 7) is -0.236. The highest BCUT2D eigenvalue weighted by molar-refractivity contribution is 6.21. The van der Waals surface area contributed by atoms with Crippen LogP contribution >= 0.6 is 0 Å². The largest absolute Gasteiger partial charge is 0.507 e. The van der Waals surface area contributed by atoms with Gasteiger partial charge in [-0.1, -0.05) is 30.3 Å². The molecule has 3 amide bonds. The van der Waals surface area contributed by atoms with E-state index < -0.39 is 17.9 Å². The van der Waals surface area contributed by atoms with E-state index in [1.165, 1.54) is 21.9 Å². The summed E-state index contributed by atoms with van der Waals surface area (Å²) in [5.41, 5.74) is 0.570. The molecule has 0 radical (unpaired) electrons. The van der Waals surface area contributed by atoms with Crippen molar-refractivity contribution in [2.45, 2.75) is 11.8 Å². The first-order valence-corrected chi connectivity index (χ1v) is 11.6. The molecular formula is C27H22N2O7. The van der Waals surface area contributed by atoms with Crippen LogP contribution in [0.25, 0.3) is 0 Å². The zero-order valence-electron chi connectivity index (χ0n) is 19.1. The Morgan fingerprint density at radius 3 is 2.11 bits per heavy atom. The number of phenolic OH excluding ortho intramolecular Hbond substituents is 1. The molecule has 0 aliphatic carbocycles. The predicted molar refractivity (Wildman–Crippen MR) is 127 cm³/mol. The SMILES string of the molecule is O=C1c2ccccc2C(=O)N1CCCN1C(=O)C(CO)(c2cc3c(cc2O)OCO3)c2ccccc21. The van der Waals surface area contributed by atoms with Gasteiger partial charge in [-0.2, -0.15) is 0 Å². The van der Waals surface area contributed by atoms with Crippen LogP contribution in [-0.2, 0) is 10.2 Å². The first-order valence-electron chi connectivity index (χ1n) is 11.6. The number of benzene rings is 3. The van der Waals surface area contributed by atoms with Crippen LogP contribution in [0.3, 0.4) is 0 Å². The highest BCUT2D eigenvalue weighted by atomic mass is 16.7. The number of ether oxygens (including phenoxy) is 2. The highest BCUT2D eigenvalue weighted by Gasteiger charge is 2.53. The molecule has 1 atom stereocenters. The number of nitrogens with zero attached hydrogens (tertiary/aromatic N) is 2. The number of phenols is 1. The summed E-state index contributed by atoms with van der Waals surface area (Å²) in [5, 5.41) is 21.4. The molecule has 3 aliphatic heterocycles. The molecule has 182 valence electrons. The van der Waals surface area contributed by atoms with Crippen molar-refractivity contribution in [2.75, 3.05) is 31.4 Å². The number of imide groups is 1. The molecule has 0 fully saturated rings. The van der Waals surface area contributed by atoms with Gasteiger partial charge >= 0.3 is 0 Å². The fourth-order valence-electron chi connectivity index (χ4n) is 5.35. The summed E-state index contributed by atoms with van der Waals surface area (Å²) in [6.07, 6.45) is 0.334. The van der Waals surface area contributed by atoms with Crippen molar-refractivity contribution >= 4 is 23.4 Å². The molecule has 3 aliphatic rings. The monoisotopic (exact) mass is 486 g/mol. The topological polar surface area (TPSA) is 117 Å². The summed E-state index contributed by atoms with van der Waals surface area (Å²) < 4.78 is 10.8. The zero-order valence-corrected chi connectivity index (χ0v) is 19.1. The molecular weight excluding hydrogens is 464 g/mol. The Hall–Kier alpha value is -4.37. The number of aliphatic hydroxyl groups excluding tert-OH is 1. The first-order chi connectivity index (χ1) is 17.5. The van der Waals surface area contributed by atoms with Gasteiger partial charge in [-0.15, -0.1) is 0 Å². The molecule has 2 N–H and O–H groups in total. The van der Waals surface area contributed by atoms with Crippen molar-refractivity contribution < 1.29 is 34.1 Å². The molecule has 3 aromatic carbocycles. The van der Waals surface area contributed by atoms with E-state index in [1.54, 1.807) is 48.5 Å². The van der Waals surface area contributed by atoms with Crippen LogP contribution in [0.4, 0.5) is 5.69 Å². The van der Waals surface area contributed by atoms with Crippen molar-refractivity contribution in [3.63, 3.8) is 0 Å². The smallest absolute Gasteiger partial charge is 0.261 e. The van der Waals surface area contributed by atoms with E-state index in [1.807, 2.05) is 0 Å². The molecule has 0 bridgehead atoms. The van der Waals surface area contributed by atoms with Crippen LogP contribution in [0.1, 0.15) is 38.3 Å². The van der Waals surface area contributed by atoms with Crippen molar-refractivity contribution in [3.05, 3.63) is 82.9 Å². The average Bonchev–Trinajstić information content (AvgIpc) is 3.52.